The molecule has 1 fully saturated rings. The number of amides is 3. The molecule has 124 valence electrons. The van der Waals surface area contributed by atoms with Gasteiger partial charge < -0.3 is 15.5 Å². The van der Waals surface area contributed by atoms with E-state index in [9.17, 15) is 9.59 Å². The van der Waals surface area contributed by atoms with Crippen molar-refractivity contribution in [2.45, 2.75) is 25.4 Å². The number of nitrogens with one attached hydrogen (secondary N) is 2. The monoisotopic (exact) mass is 324 g/mol. The summed E-state index contributed by atoms with van der Waals surface area (Å²) in [5, 5.41) is 5.75. The molecular formula is C18H20N4O2. The van der Waals surface area contributed by atoms with E-state index in [0.29, 0.717) is 13.0 Å². The first-order valence-corrected chi connectivity index (χ1v) is 7.96. The SMILES string of the molecule is C[C@@H](NC(=O)N[C@@H]1CC(=O)N(c2ccccc2)C1)c1cccnc1. The van der Waals surface area contributed by atoms with Crippen molar-refractivity contribution in [2.75, 3.05) is 11.4 Å². The number of pyridine rings is 1. The molecule has 6 nitrogen and oxygen atoms in total. The molecule has 1 saturated heterocycles. The predicted octanol–water partition coefficient (Wildman–Crippen LogP) is 2.25. The third-order valence-corrected chi connectivity index (χ3v) is 4.06. The maximum Gasteiger partial charge on any atom is 0.315 e. The van der Waals surface area contributed by atoms with Gasteiger partial charge in [0.05, 0.1) is 12.1 Å². The predicted molar refractivity (Wildman–Crippen MR) is 91.5 cm³/mol. The van der Waals surface area contributed by atoms with Crippen LogP contribution in [0.1, 0.15) is 24.9 Å². The normalized spacial score (nSPS) is 18.3. The lowest BCUT2D eigenvalue weighted by Crippen LogP contribution is -2.44. The quantitative estimate of drug-likeness (QED) is 0.906. The number of anilines is 1. The highest BCUT2D eigenvalue weighted by Gasteiger charge is 2.31. The van der Waals surface area contributed by atoms with Gasteiger partial charge in [-0.05, 0) is 30.7 Å². The van der Waals surface area contributed by atoms with Gasteiger partial charge in [-0.15, -0.1) is 0 Å². The Balaban J connectivity index is 1.55. The number of hydrogen-bond acceptors (Lipinski definition) is 3. The molecule has 3 amide bonds. The molecule has 6 heteroatoms. The highest BCUT2D eigenvalue weighted by atomic mass is 16.2. The zero-order valence-corrected chi connectivity index (χ0v) is 13.5. The number of nitrogens with zero attached hydrogens (tertiary/aromatic N) is 2. The lowest BCUT2D eigenvalue weighted by Gasteiger charge is -2.19. The molecule has 24 heavy (non-hydrogen) atoms. The van der Waals surface area contributed by atoms with Crippen LogP contribution >= 0.6 is 0 Å². The van der Waals surface area contributed by atoms with Crippen LogP contribution in [0.4, 0.5) is 10.5 Å². The Morgan fingerprint density at radius 3 is 2.75 bits per heavy atom. The molecule has 0 radical (unpaired) electrons. The van der Waals surface area contributed by atoms with Crippen LogP contribution in [0.2, 0.25) is 0 Å². The Labute approximate surface area is 140 Å². The Kier molecular flexibility index (Phi) is 4.74. The molecule has 2 atom stereocenters. The van der Waals surface area contributed by atoms with Gasteiger partial charge in [0.15, 0.2) is 0 Å². The average molecular weight is 324 g/mol. The molecule has 2 heterocycles. The van der Waals surface area contributed by atoms with Crippen LogP contribution < -0.4 is 15.5 Å². The van der Waals surface area contributed by atoms with Gasteiger partial charge in [0.2, 0.25) is 5.91 Å². The number of carbonyl (C=O) groups excluding carboxylic acids is 2. The van der Waals surface area contributed by atoms with Gasteiger partial charge in [-0.2, -0.15) is 0 Å². The van der Waals surface area contributed by atoms with Crippen molar-refractivity contribution >= 4 is 17.6 Å². The van der Waals surface area contributed by atoms with Gasteiger partial charge in [-0.25, -0.2) is 4.79 Å². The Morgan fingerprint density at radius 2 is 2.04 bits per heavy atom. The second-order valence-corrected chi connectivity index (χ2v) is 5.87. The number of benzene rings is 1. The summed E-state index contributed by atoms with van der Waals surface area (Å²) in [6, 6.07) is 12.6. The maximum absolute atomic E-state index is 12.2. The zero-order valence-electron chi connectivity index (χ0n) is 13.5. The summed E-state index contributed by atoms with van der Waals surface area (Å²) in [5.41, 5.74) is 1.79. The fraction of sp³-hybridized carbons (Fsp3) is 0.278. The van der Waals surface area contributed by atoms with E-state index in [1.807, 2.05) is 49.4 Å². The van der Waals surface area contributed by atoms with Crippen LogP contribution in [0.15, 0.2) is 54.9 Å². The maximum atomic E-state index is 12.2. The highest BCUT2D eigenvalue weighted by Crippen LogP contribution is 2.21. The summed E-state index contributed by atoms with van der Waals surface area (Å²) in [6.45, 7) is 2.38. The third-order valence-electron chi connectivity index (χ3n) is 4.06. The minimum atomic E-state index is -0.279. The van der Waals surface area contributed by atoms with Crippen LogP contribution in [0.5, 0.6) is 0 Å². The lowest BCUT2D eigenvalue weighted by molar-refractivity contribution is -0.117. The van der Waals surface area contributed by atoms with E-state index in [2.05, 4.69) is 15.6 Å². The van der Waals surface area contributed by atoms with Gasteiger partial charge in [0.1, 0.15) is 0 Å². The van der Waals surface area contributed by atoms with E-state index in [1.54, 1.807) is 17.3 Å². The summed E-state index contributed by atoms with van der Waals surface area (Å²) in [4.78, 5) is 30.1. The lowest BCUT2D eigenvalue weighted by atomic mass is 10.1. The zero-order chi connectivity index (χ0) is 16.9. The van der Waals surface area contributed by atoms with Crippen LogP contribution in [0.3, 0.4) is 0 Å². The Morgan fingerprint density at radius 1 is 1.25 bits per heavy atom. The number of para-hydroxylation sites is 1. The van der Waals surface area contributed by atoms with Gasteiger partial charge in [-0.3, -0.25) is 9.78 Å². The van der Waals surface area contributed by atoms with Crippen LogP contribution in [-0.2, 0) is 4.79 Å². The molecular weight excluding hydrogens is 304 g/mol. The fourth-order valence-corrected chi connectivity index (χ4v) is 2.80. The van der Waals surface area contributed by atoms with Gasteiger partial charge in [-0.1, -0.05) is 24.3 Å². The van der Waals surface area contributed by atoms with Gasteiger partial charge >= 0.3 is 6.03 Å². The number of hydrogen-bond donors (Lipinski definition) is 2. The largest absolute Gasteiger partial charge is 0.333 e. The standard InChI is InChI=1S/C18H20N4O2/c1-13(14-6-5-9-19-11-14)20-18(24)21-15-10-17(23)22(12-15)16-7-3-2-4-8-16/h2-9,11,13,15H,10,12H2,1H3,(H2,20,21,24)/t13-,15-/m1/s1. The first-order chi connectivity index (χ1) is 11.6. The van der Waals surface area contributed by atoms with Gasteiger partial charge in [0.25, 0.3) is 0 Å². The fourth-order valence-electron chi connectivity index (χ4n) is 2.80. The summed E-state index contributed by atoms with van der Waals surface area (Å²) >= 11 is 0. The molecule has 1 aromatic heterocycles. The molecule has 1 aromatic carbocycles. The van der Waals surface area contributed by atoms with Crippen LogP contribution in [0, 0.1) is 0 Å². The van der Waals surface area contributed by atoms with E-state index >= 15 is 0 Å². The summed E-state index contributed by atoms with van der Waals surface area (Å²) < 4.78 is 0. The van der Waals surface area contributed by atoms with E-state index in [-0.39, 0.29) is 24.0 Å². The molecule has 2 N–H and O–H groups in total. The first kappa shape index (κ1) is 16.0. The number of rotatable bonds is 4. The minimum absolute atomic E-state index is 0.0202. The van der Waals surface area contributed by atoms with Crippen LogP contribution in [-0.4, -0.2) is 29.5 Å². The van der Waals surface area contributed by atoms with Crippen molar-refractivity contribution in [1.82, 2.24) is 15.6 Å². The molecule has 1 aliphatic heterocycles. The number of carbonyl (C=O) groups is 2. The van der Waals surface area contributed by atoms with Crippen molar-refractivity contribution in [3.8, 4) is 0 Å². The molecule has 0 saturated carbocycles. The number of aromatic nitrogens is 1. The second-order valence-electron chi connectivity index (χ2n) is 5.87. The molecule has 2 aromatic rings. The van der Waals surface area contributed by atoms with Crippen molar-refractivity contribution in [3.05, 3.63) is 60.4 Å². The summed E-state index contributed by atoms with van der Waals surface area (Å²) in [7, 11) is 0. The molecule has 1 aliphatic rings. The number of urea groups is 1. The van der Waals surface area contributed by atoms with Crippen molar-refractivity contribution in [2.24, 2.45) is 0 Å². The second kappa shape index (κ2) is 7.12. The van der Waals surface area contributed by atoms with E-state index in [0.717, 1.165) is 11.3 Å². The van der Waals surface area contributed by atoms with Crippen molar-refractivity contribution in [1.29, 1.82) is 0 Å². The topological polar surface area (TPSA) is 74.3 Å². The third kappa shape index (κ3) is 3.71. The molecule has 0 bridgehead atoms. The minimum Gasteiger partial charge on any atom is -0.333 e. The average Bonchev–Trinajstić information content (AvgIpc) is 2.96. The molecule has 0 spiro atoms. The summed E-state index contributed by atoms with van der Waals surface area (Å²) in [5.74, 6) is 0.0202. The molecule has 0 aliphatic carbocycles. The van der Waals surface area contributed by atoms with Crippen molar-refractivity contribution < 1.29 is 9.59 Å². The van der Waals surface area contributed by atoms with E-state index < -0.39 is 0 Å². The van der Waals surface area contributed by atoms with Gasteiger partial charge in [0, 0.05) is 31.0 Å². The van der Waals surface area contributed by atoms with Crippen LogP contribution in [0.25, 0.3) is 0 Å². The van der Waals surface area contributed by atoms with E-state index in [4.69, 9.17) is 0 Å². The van der Waals surface area contributed by atoms with E-state index in [1.165, 1.54) is 0 Å². The van der Waals surface area contributed by atoms with Crippen molar-refractivity contribution in [3.63, 3.8) is 0 Å². The Bertz CT molecular complexity index is 705. The molecule has 0 unspecified atom stereocenters. The smallest absolute Gasteiger partial charge is 0.315 e. The first-order valence-electron chi connectivity index (χ1n) is 7.96. The molecule has 3 rings (SSSR count). The summed E-state index contributed by atoms with van der Waals surface area (Å²) in [6.07, 6.45) is 3.73. The Hall–Kier alpha value is -2.89. The highest BCUT2D eigenvalue weighted by molar-refractivity contribution is 5.96.